The monoisotopic (exact) mass is 235 g/mol. The van der Waals surface area contributed by atoms with Crippen molar-refractivity contribution in [1.29, 1.82) is 0 Å². The van der Waals surface area contributed by atoms with Crippen molar-refractivity contribution in [3.8, 4) is 0 Å². The van der Waals surface area contributed by atoms with Crippen molar-refractivity contribution < 1.29 is 9.18 Å². The molecule has 1 aromatic carbocycles. The van der Waals surface area contributed by atoms with E-state index >= 15 is 0 Å². The zero-order valence-corrected chi connectivity index (χ0v) is 10.2. The van der Waals surface area contributed by atoms with Gasteiger partial charge in [-0.05, 0) is 12.5 Å². The molecule has 0 saturated carbocycles. The second-order valence-corrected chi connectivity index (χ2v) is 4.65. The molecule has 1 fully saturated rings. The molecule has 1 aromatic rings. The van der Waals surface area contributed by atoms with Crippen molar-refractivity contribution in [3.63, 3.8) is 0 Å². The highest BCUT2D eigenvalue weighted by Gasteiger charge is 2.25. The molecule has 1 saturated heterocycles. The van der Waals surface area contributed by atoms with Crippen LogP contribution in [0.4, 0.5) is 4.39 Å². The number of piperidine rings is 1. The van der Waals surface area contributed by atoms with Gasteiger partial charge in [-0.15, -0.1) is 0 Å². The Morgan fingerprint density at radius 2 is 2.18 bits per heavy atom. The van der Waals surface area contributed by atoms with Gasteiger partial charge in [0.05, 0.1) is 0 Å². The Balaban J connectivity index is 2.01. The standard InChI is InChI=1S/C14H18FNO/c1-2-11-9-16(8-7-14(11)17)10-12-5-3-4-6-13(12)15/h3-6,11H,2,7-10H2,1H3. The van der Waals surface area contributed by atoms with E-state index in [4.69, 9.17) is 0 Å². The highest BCUT2D eigenvalue weighted by atomic mass is 19.1. The summed E-state index contributed by atoms with van der Waals surface area (Å²) < 4.78 is 13.5. The van der Waals surface area contributed by atoms with E-state index in [0.717, 1.165) is 25.1 Å². The Morgan fingerprint density at radius 1 is 1.41 bits per heavy atom. The number of hydrogen-bond donors (Lipinski definition) is 0. The zero-order valence-electron chi connectivity index (χ0n) is 10.2. The molecule has 0 aromatic heterocycles. The summed E-state index contributed by atoms with van der Waals surface area (Å²) in [6.07, 6.45) is 1.49. The molecular weight excluding hydrogens is 217 g/mol. The minimum Gasteiger partial charge on any atom is -0.299 e. The minimum atomic E-state index is -0.155. The smallest absolute Gasteiger partial charge is 0.138 e. The summed E-state index contributed by atoms with van der Waals surface area (Å²) in [6, 6.07) is 6.85. The van der Waals surface area contributed by atoms with Crippen LogP contribution in [0, 0.1) is 11.7 Å². The second kappa shape index (κ2) is 5.41. The molecule has 0 N–H and O–H groups in total. The molecule has 0 bridgehead atoms. The number of nitrogens with zero attached hydrogens (tertiary/aromatic N) is 1. The summed E-state index contributed by atoms with van der Waals surface area (Å²) in [7, 11) is 0. The maximum Gasteiger partial charge on any atom is 0.138 e. The number of carbonyl (C=O) groups excluding carboxylic acids is 1. The summed E-state index contributed by atoms with van der Waals surface area (Å²) in [5.74, 6) is 0.338. The van der Waals surface area contributed by atoms with E-state index in [1.54, 1.807) is 6.07 Å². The topological polar surface area (TPSA) is 20.3 Å². The molecule has 0 radical (unpaired) electrons. The second-order valence-electron chi connectivity index (χ2n) is 4.65. The van der Waals surface area contributed by atoms with Gasteiger partial charge in [0.15, 0.2) is 0 Å². The molecular formula is C14H18FNO. The van der Waals surface area contributed by atoms with Gasteiger partial charge in [0.1, 0.15) is 11.6 Å². The number of Topliss-reactive ketones (excluding diaryl/α,β-unsaturated/α-hetero) is 1. The molecule has 0 aliphatic carbocycles. The van der Waals surface area contributed by atoms with Crippen LogP contribution in [-0.4, -0.2) is 23.8 Å². The van der Waals surface area contributed by atoms with Crippen LogP contribution in [0.15, 0.2) is 24.3 Å². The Labute approximate surface area is 101 Å². The largest absolute Gasteiger partial charge is 0.299 e. The highest BCUT2D eigenvalue weighted by molar-refractivity contribution is 5.82. The van der Waals surface area contributed by atoms with Crippen LogP contribution < -0.4 is 0 Å². The van der Waals surface area contributed by atoms with Crippen molar-refractivity contribution in [2.45, 2.75) is 26.3 Å². The molecule has 0 spiro atoms. The number of carbonyl (C=O) groups is 1. The van der Waals surface area contributed by atoms with Gasteiger partial charge in [-0.2, -0.15) is 0 Å². The summed E-state index contributed by atoms with van der Waals surface area (Å²) >= 11 is 0. The maximum absolute atomic E-state index is 13.5. The number of rotatable bonds is 3. The van der Waals surface area contributed by atoms with E-state index in [-0.39, 0.29) is 11.7 Å². The third-order valence-electron chi connectivity index (χ3n) is 3.45. The first-order valence-electron chi connectivity index (χ1n) is 6.19. The molecule has 3 heteroatoms. The Bertz CT molecular complexity index is 405. The predicted octanol–water partition coefficient (Wildman–Crippen LogP) is 2.63. The summed E-state index contributed by atoms with van der Waals surface area (Å²) in [5.41, 5.74) is 0.719. The molecule has 17 heavy (non-hydrogen) atoms. The molecule has 1 unspecified atom stereocenters. The maximum atomic E-state index is 13.5. The molecule has 1 aliphatic rings. The summed E-state index contributed by atoms with van der Waals surface area (Å²) in [4.78, 5) is 13.8. The Kier molecular flexibility index (Phi) is 3.89. The van der Waals surface area contributed by atoms with Crippen molar-refractivity contribution in [2.24, 2.45) is 5.92 Å². The average Bonchev–Trinajstić information content (AvgIpc) is 2.34. The number of ketones is 1. The first-order valence-corrected chi connectivity index (χ1v) is 6.19. The van der Waals surface area contributed by atoms with Crippen molar-refractivity contribution >= 4 is 5.78 Å². The van der Waals surface area contributed by atoms with Gasteiger partial charge in [-0.1, -0.05) is 25.1 Å². The third-order valence-corrected chi connectivity index (χ3v) is 3.45. The third kappa shape index (κ3) is 2.91. The number of benzene rings is 1. The van der Waals surface area contributed by atoms with E-state index in [0.29, 0.717) is 18.7 Å². The van der Waals surface area contributed by atoms with Gasteiger partial charge in [0.2, 0.25) is 0 Å². The van der Waals surface area contributed by atoms with Crippen molar-refractivity contribution in [3.05, 3.63) is 35.6 Å². The van der Waals surface area contributed by atoms with Crippen LogP contribution >= 0.6 is 0 Å². The first kappa shape index (κ1) is 12.2. The quantitative estimate of drug-likeness (QED) is 0.802. The predicted molar refractivity (Wildman–Crippen MR) is 65.1 cm³/mol. The molecule has 0 amide bonds. The lowest BCUT2D eigenvalue weighted by molar-refractivity contribution is -0.126. The van der Waals surface area contributed by atoms with Crippen LogP contribution in [0.5, 0.6) is 0 Å². The van der Waals surface area contributed by atoms with Crippen LogP contribution in [0.25, 0.3) is 0 Å². The SMILES string of the molecule is CCC1CN(Cc2ccccc2F)CCC1=O. The minimum absolute atomic E-state index is 0.135. The van der Waals surface area contributed by atoms with Gasteiger partial charge in [-0.3, -0.25) is 9.69 Å². The molecule has 2 rings (SSSR count). The fourth-order valence-electron chi connectivity index (χ4n) is 2.35. The zero-order chi connectivity index (χ0) is 12.3. The van der Waals surface area contributed by atoms with Gasteiger partial charge < -0.3 is 0 Å². The summed E-state index contributed by atoms with van der Waals surface area (Å²) in [5, 5.41) is 0. The lowest BCUT2D eigenvalue weighted by Gasteiger charge is -2.31. The van der Waals surface area contributed by atoms with Crippen molar-refractivity contribution in [1.82, 2.24) is 4.90 Å². The fraction of sp³-hybridized carbons (Fsp3) is 0.500. The molecule has 1 aliphatic heterocycles. The van der Waals surface area contributed by atoms with Crippen LogP contribution in [0.1, 0.15) is 25.3 Å². The highest BCUT2D eigenvalue weighted by Crippen LogP contribution is 2.19. The first-order chi connectivity index (χ1) is 8.20. The Morgan fingerprint density at radius 3 is 2.88 bits per heavy atom. The average molecular weight is 235 g/mol. The normalized spacial score (nSPS) is 21.8. The fourth-order valence-corrected chi connectivity index (χ4v) is 2.35. The number of likely N-dealkylation sites (tertiary alicyclic amines) is 1. The van der Waals surface area contributed by atoms with Gasteiger partial charge in [0.25, 0.3) is 0 Å². The van der Waals surface area contributed by atoms with Crippen LogP contribution in [-0.2, 0) is 11.3 Å². The molecule has 1 atom stereocenters. The van der Waals surface area contributed by atoms with Crippen molar-refractivity contribution in [2.75, 3.05) is 13.1 Å². The van der Waals surface area contributed by atoms with E-state index in [1.165, 1.54) is 6.07 Å². The molecule has 1 heterocycles. The Hall–Kier alpha value is -1.22. The van der Waals surface area contributed by atoms with Gasteiger partial charge in [-0.25, -0.2) is 4.39 Å². The van der Waals surface area contributed by atoms with E-state index in [1.807, 2.05) is 19.1 Å². The summed E-state index contributed by atoms with van der Waals surface area (Å²) in [6.45, 7) is 4.17. The van der Waals surface area contributed by atoms with Crippen LogP contribution in [0.3, 0.4) is 0 Å². The van der Waals surface area contributed by atoms with E-state index in [9.17, 15) is 9.18 Å². The van der Waals surface area contributed by atoms with Gasteiger partial charge in [0, 0.05) is 37.5 Å². The lowest BCUT2D eigenvalue weighted by Crippen LogP contribution is -2.40. The number of halogens is 1. The van der Waals surface area contributed by atoms with E-state index in [2.05, 4.69) is 4.90 Å². The molecule has 2 nitrogen and oxygen atoms in total. The van der Waals surface area contributed by atoms with Crippen LogP contribution in [0.2, 0.25) is 0 Å². The lowest BCUT2D eigenvalue weighted by atomic mass is 9.94. The molecule has 92 valence electrons. The van der Waals surface area contributed by atoms with E-state index < -0.39 is 0 Å². The number of hydrogen-bond acceptors (Lipinski definition) is 2. The van der Waals surface area contributed by atoms with Gasteiger partial charge >= 0.3 is 0 Å².